The number of methoxy groups -OCH3 is 2. The second kappa shape index (κ2) is 9.09. The summed E-state index contributed by atoms with van der Waals surface area (Å²) < 4.78 is 15.2. The molecule has 26 heavy (non-hydrogen) atoms. The zero-order valence-corrected chi connectivity index (χ0v) is 15.1. The Balaban J connectivity index is 1.81. The number of hydrogen-bond acceptors (Lipinski definition) is 8. The number of carbonyl (C=O) groups excluding carboxylic acids is 4. The molecule has 10 heteroatoms. The van der Waals surface area contributed by atoms with E-state index in [2.05, 4.69) is 5.32 Å². The third-order valence-corrected chi connectivity index (χ3v) is 4.31. The van der Waals surface area contributed by atoms with Gasteiger partial charge in [0.05, 0.1) is 20.0 Å². The monoisotopic (exact) mass is 382 g/mol. The molecule has 0 radical (unpaired) electrons. The van der Waals surface area contributed by atoms with Gasteiger partial charge in [0, 0.05) is 13.1 Å². The molecule has 0 aromatic heterocycles. The fourth-order valence-electron chi connectivity index (χ4n) is 2.21. The molecule has 9 nitrogen and oxygen atoms in total. The Bertz CT molecular complexity index is 707. The van der Waals surface area contributed by atoms with E-state index < -0.39 is 18.5 Å². The highest BCUT2D eigenvalue weighted by Gasteiger charge is 2.29. The number of amides is 3. The van der Waals surface area contributed by atoms with E-state index in [9.17, 15) is 19.2 Å². The van der Waals surface area contributed by atoms with Gasteiger partial charge in [-0.25, -0.2) is 4.79 Å². The normalized spacial score (nSPS) is 13.5. The quantitative estimate of drug-likeness (QED) is 0.653. The van der Waals surface area contributed by atoms with Crippen LogP contribution in [0.3, 0.4) is 0 Å². The predicted molar refractivity (Wildman–Crippen MR) is 92.4 cm³/mol. The van der Waals surface area contributed by atoms with Gasteiger partial charge in [-0.2, -0.15) is 0 Å². The van der Waals surface area contributed by atoms with Crippen molar-refractivity contribution >= 4 is 34.8 Å². The summed E-state index contributed by atoms with van der Waals surface area (Å²) in [6.07, 6.45) is 0. The Morgan fingerprint density at radius 2 is 2.00 bits per heavy atom. The van der Waals surface area contributed by atoms with Crippen molar-refractivity contribution in [1.82, 2.24) is 10.2 Å². The van der Waals surface area contributed by atoms with Crippen LogP contribution < -0.4 is 14.8 Å². The summed E-state index contributed by atoms with van der Waals surface area (Å²) in [7, 11) is 2.83. The fraction of sp³-hybridized carbons (Fsp3) is 0.375. The van der Waals surface area contributed by atoms with Crippen LogP contribution >= 0.6 is 11.8 Å². The molecule has 0 atom stereocenters. The molecular weight excluding hydrogens is 364 g/mol. The van der Waals surface area contributed by atoms with Gasteiger partial charge in [0.1, 0.15) is 5.56 Å². The van der Waals surface area contributed by atoms with Gasteiger partial charge in [-0.1, -0.05) is 17.8 Å². The highest BCUT2D eigenvalue weighted by atomic mass is 32.2. The Morgan fingerprint density at radius 3 is 2.62 bits per heavy atom. The summed E-state index contributed by atoms with van der Waals surface area (Å²) >= 11 is 0.924. The minimum atomic E-state index is -0.739. The number of nitrogens with zero attached hydrogens (tertiary/aromatic N) is 1. The summed E-state index contributed by atoms with van der Waals surface area (Å²) in [5.74, 6) is -0.879. The molecular formula is C16H18N2O7S. The molecule has 3 amide bonds. The van der Waals surface area contributed by atoms with E-state index in [1.165, 1.54) is 20.3 Å². The predicted octanol–water partition coefficient (Wildman–Crippen LogP) is 0.672. The van der Waals surface area contributed by atoms with Crippen molar-refractivity contribution in [2.45, 2.75) is 0 Å². The lowest BCUT2D eigenvalue weighted by molar-refractivity contribution is -0.126. The standard InChI is InChI=1S/C16H18N2O7S/c1-23-11-5-3-4-10(14(11)24-2)15(21)25-8-12(19)17-6-7-18-13(20)9-26-16(18)22/h3-5H,6-9H2,1-2H3,(H,17,19). The molecule has 0 aliphatic carbocycles. The van der Waals surface area contributed by atoms with Crippen molar-refractivity contribution in [3.63, 3.8) is 0 Å². The van der Waals surface area contributed by atoms with Gasteiger partial charge >= 0.3 is 5.97 Å². The molecule has 0 spiro atoms. The number of benzene rings is 1. The van der Waals surface area contributed by atoms with Crippen molar-refractivity contribution in [2.75, 3.05) is 39.7 Å². The molecule has 0 unspecified atom stereocenters. The average molecular weight is 382 g/mol. The number of para-hydroxylation sites is 1. The lowest BCUT2D eigenvalue weighted by Crippen LogP contribution is -2.38. The molecule has 0 saturated carbocycles. The van der Waals surface area contributed by atoms with Crippen LogP contribution in [0.2, 0.25) is 0 Å². The van der Waals surface area contributed by atoms with Crippen LogP contribution in [0.5, 0.6) is 11.5 Å². The number of esters is 1. The fourth-order valence-corrected chi connectivity index (χ4v) is 2.96. The van der Waals surface area contributed by atoms with E-state index in [0.717, 1.165) is 16.7 Å². The number of imide groups is 1. The van der Waals surface area contributed by atoms with E-state index in [-0.39, 0.29) is 41.3 Å². The number of carbonyl (C=O) groups is 4. The molecule has 1 aromatic rings. The van der Waals surface area contributed by atoms with Gasteiger partial charge in [0.15, 0.2) is 18.1 Å². The third kappa shape index (κ3) is 4.66. The Kier molecular flexibility index (Phi) is 6.84. The minimum absolute atomic E-state index is 0.0774. The second-order valence-electron chi connectivity index (χ2n) is 5.07. The summed E-state index contributed by atoms with van der Waals surface area (Å²) in [6, 6.07) is 4.71. The molecule has 140 valence electrons. The Hall–Kier alpha value is -2.75. The van der Waals surface area contributed by atoms with Crippen LogP contribution in [-0.4, -0.2) is 67.6 Å². The number of ether oxygens (including phenoxy) is 3. The second-order valence-corrected chi connectivity index (χ2v) is 5.99. The number of thioether (sulfide) groups is 1. The summed E-state index contributed by atoms with van der Waals surface area (Å²) in [4.78, 5) is 47.8. The van der Waals surface area contributed by atoms with Gasteiger partial charge in [-0.15, -0.1) is 0 Å². The van der Waals surface area contributed by atoms with E-state index in [0.29, 0.717) is 5.75 Å². The number of nitrogens with one attached hydrogen (secondary N) is 1. The van der Waals surface area contributed by atoms with E-state index in [1.807, 2.05) is 0 Å². The van der Waals surface area contributed by atoms with Gasteiger partial charge in [-0.05, 0) is 12.1 Å². The van der Waals surface area contributed by atoms with Crippen molar-refractivity contribution in [2.24, 2.45) is 0 Å². The SMILES string of the molecule is COc1cccc(C(=O)OCC(=O)NCCN2C(=O)CSC2=O)c1OC. The lowest BCUT2D eigenvalue weighted by atomic mass is 10.2. The molecule has 1 aliphatic heterocycles. The summed E-state index contributed by atoms with van der Waals surface area (Å²) in [5.41, 5.74) is 0.130. The minimum Gasteiger partial charge on any atom is -0.493 e. The first kappa shape index (κ1) is 19.6. The molecule has 0 bridgehead atoms. The summed E-state index contributed by atoms with van der Waals surface area (Å²) in [5, 5.41) is 2.15. The third-order valence-electron chi connectivity index (χ3n) is 3.46. The first-order valence-corrected chi connectivity index (χ1v) is 8.58. The van der Waals surface area contributed by atoms with Crippen molar-refractivity contribution in [3.8, 4) is 11.5 Å². The maximum absolute atomic E-state index is 12.1. The molecule has 1 saturated heterocycles. The average Bonchev–Trinajstić information content (AvgIpc) is 2.97. The van der Waals surface area contributed by atoms with Crippen molar-refractivity contribution in [3.05, 3.63) is 23.8 Å². The first-order chi connectivity index (χ1) is 12.5. The van der Waals surface area contributed by atoms with Crippen LogP contribution in [0, 0.1) is 0 Å². The highest BCUT2D eigenvalue weighted by molar-refractivity contribution is 8.14. The van der Waals surface area contributed by atoms with E-state index in [1.54, 1.807) is 12.1 Å². The lowest BCUT2D eigenvalue weighted by Gasteiger charge is -2.14. The van der Waals surface area contributed by atoms with Gasteiger partial charge in [0.25, 0.3) is 11.1 Å². The van der Waals surface area contributed by atoms with Crippen LogP contribution in [0.4, 0.5) is 4.79 Å². The molecule has 1 N–H and O–H groups in total. The highest BCUT2D eigenvalue weighted by Crippen LogP contribution is 2.31. The maximum Gasteiger partial charge on any atom is 0.342 e. The smallest absolute Gasteiger partial charge is 0.342 e. The van der Waals surface area contributed by atoms with Gasteiger partial charge in [0.2, 0.25) is 5.91 Å². The molecule has 2 rings (SSSR count). The zero-order valence-electron chi connectivity index (χ0n) is 14.3. The first-order valence-electron chi connectivity index (χ1n) is 7.59. The molecule has 1 fully saturated rings. The number of hydrogen-bond donors (Lipinski definition) is 1. The molecule has 1 heterocycles. The van der Waals surface area contributed by atoms with E-state index >= 15 is 0 Å². The Morgan fingerprint density at radius 1 is 1.23 bits per heavy atom. The van der Waals surface area contributed by atoms with Crippen molar-refractivity contribution in [1.29, 1.82) is 0 Å². The van der Waals surface area contributed by atoms with E-state index in [4.69, 9.17) is 14.2 Å². The maximum atomic E-state index is 12.1. The van der Waals surface area contributed by atoms with Crippen LogP contribution in [0.1, 0.15) is 10.4 Å². The Labute approximate surface area is 153 Å². The topological polar surface area (TPSA) is 111 Å². The van der Waals surface area contributed by atoms with Crippen LogP contribution in [0.15, 0.2) is 18.2 Å². The van der Waals surface area contributed by atoms with Gasteiger partial charge in [-0.3, -0.25) is 19.3 Å². The molecule has 1 aromatic carbocycles. The van der Waals surface area contributed by atoms with Crippen LogP contribution in [0.25, 0.3) is 0 Å². The number of rotatable bonds is 8. The molecule has 1 aliphatic rings. The van der Waals surface area contributed by atoms with Gasteiger partial charge < -0.3 is 19.5 Å². The zero-order chi connectivity index (χ0) is 19.1. The largest absolute Gasteiger partial charge is 0.493 e. The van der Waals surface area contributed by atoms with Crippen LogP contribution in [-0.2, 0) is 14.3 Å². The van der Waals surface area contributed by atoms with Crippen molar-refractivity contribution < 1.29 is 33.4 Å². The summed E-state index contributed by atoms with van der Waals surface area (Å²) in [6.45, 7) is -0.346.